The number of nitrogens with one attached hydrogen (secondary N) is 5. The van der Waals surface area contributed by atoms with Gasteiger partial charge in [0.25, 0.3) is 0 Å². The molecule has 0 saturated carbocycles. The van der Waals surface area contributed by atoms with Gasteiger partial charge in [0.1, 0.15) is 18.1 Å². The SMILES string of the molecule is NC(N)=NCCCC(NC(=O)C(CCCN=C(N)N)NC(=O)C1CCCN1)C(=O)NC(Cc1cnc[nH]1)C(=O)O. The lowest BCUT2D eigenvalue weighted by atomic mass is 10.1. The summed E-state index contributed by atoms with van der Waals surface area (Å²) < 4.78 is 0. The minimum Gasteiger partial charge on any atom is -0.480 e. The number of carbonyl (C=O) groups excluding carboxylic acids is 3. The van der Waals surface area contributed by atoms with Gasteiger partial charge in [-0.1, -0.05) is 0 Å². The molecule has 17 nitrogen and oxygen atoms in total. The van der Waals surface area contributed by atoms with Crippen LogP contribution < -0.4 is 44.2 Å². The normalized spacial score (nSPS) is 16.6. The number of nitrogens with two attached hydrogens (primary N) is 4. The Bertz CT molecular complexity index is 1030. The van der Waals surface area contributed by atoms with Crippen LogP contribution in [0, 0.1) is 0 Å². The summed E-state index contributed by atoms with van der Waals surface area (Å²) in [5, 5.41) is 20.6. The average molecular weight is 565 g/mol. The summed E-state index contributed by atoms with van der Waals surface area (Å²) in [6.07, 6.45) is 5.25. The van der Waals surface area contributed by atoms with E-state index in [2.05, 4.69) is 41.2 Å². The summed E-state index contributed by atoms with van der Waals surface area (Å²) >= 11 is 0. The molecule has 2 heterocycles. The van der Waals surface area contributed by atoms with Gasteiger partial charge in [-0.15, -0.1) is 0 Å². The first kappa shape index (κ1) is 31.8. The Kier molecular flexibility index (Phi) is 13.1. The van der Waals surface area contributed by atoms with Crippen LogP contribution >= 0.6 is 0 Å². The first-order chi connectivity index (χ1) is 19.1. The Balaban J connectivity index is 2.15. The van der Waals surface area contributed by atoms with Crippen molar-refractivity contribution in [2.75, 3.05) is 19.6 Å². The topological polar surface area (TPSA) is 294 Å². The van der Waals surface area contributed by atoms with E-state index in [4.69, 9.17) is 22.9 Å². The molecule has 2 rings (SSSR count). The number of aromatic nitrogens is 2. The summed E-state index contributed by atoms with van der Waals surface area (Å²) in [6, 6.07) is -3.83. The molecule has 0 aliphatic carbocycles. The largest absolute Gasteiger partial charge is 0.480 e. The lowest BCUT2D eigenvalue weighted by Crippen LogP contribution is -2.57. The highest BCUT2D eigenvalue weighted by Gasteiger charge is 2.31. The van der Waals surface area contributed by atoms with Gasteiger partial charge < -0.3 is 54.3 Å². The summed E-state index contributed by atoms with van der Waals surface area (Å²) in [7, 11) is 0. The van der Waals surface area contributed by atoms with E-state index in [1.807, 2.05) is 0 Å². The van der Waals surface area contributed by atoms with Crippen LogP contribution in [0.15, 0.2) is 22.5 Å². The summed E-state index contributed by atoms with van der Waals surface area (Å²) in [5.41, 5.74) is 22.0. The van der Waals surface area contributed by atoms with Gasteiger partial charge in [0.15, 0.2) is 11.9 Å². The van der Waals surface area contributed by atoms with E-state index in [0.29, 0.717) is 31.5 Å². The molecule has 40 heavy (non-hydrogen) atoms. The van der Waals surface area contributed by atoms with E-state index in [-0.39, 0.29) is 50.2 Å². The highest BCUT2D eigenvalue weighted by atomic mass is 16.4. The number of aliphatic carboxylic acids is 1. The maximum absolute atomic E-state index is 13.3. The van der Waals surface area contributed by atoms with Crippen molar-refractivity contribution >= 4 is 35.6 Å². The van der Waals surface area contributed by atoms with Gasteiger partial charge in [0.2, 0.25) is 17.7 Å². The number of carboxylic acids is 1. The Morgan fingerprint density at radius 3 is 2.00 bits per heavy atom. The molecule has 1 fully saturated rings. The smallest absolute Gasteiger partial charge is 0.326 e. The highest BCUT2D eigenvalue weighted by molar-refractivity contribution is 5.94. The maximum atomic E-state index is 13.3. The number of carboxylic acid groups (broad SMARTS) is 1. The number of imidazole rings is 1. The van der Waals surface area contributed by atoms with Gasteiger partial charge in [-0.3, -0.25) is 24.4 Å². The standard InChI is InChI=1S/C23H40N12O5/c24-22(25)30-8-2-5-15(33-18(36)14-4-1-7-29-14)19(37)34-16(6-3-9-31-23(26)27)20(38)35-17(21(39)40)10-13-11-28-12-32-13/h11-12,14-17,29H,1-10H2,(H,28,32)(H,33,36)(H,34,37)(H,35,38)(H,39,40)(H4,24,25,30)(H4,26,27,31). The molecule has 0 spiro atoms. The monoisotopic (exact) mass is 564 g/mol. The molecule has 1 aromatic heterocycles. The Hall–Kier alpha value is -4.41. The van der Waals surface area contributed by atoms with Gasteiger partial charge in [-0.2, -0.15) is 0 Å². The number of hydrogen-bond acceptors (Lipinski definition) is 8. The lowest BCUT2D eigenvalue weighted by molar-refractivity contribution is -0.142. The number of H-pyrrole nitrogens is 1. The molecule has 0 bridgehead atoms. The fourth-order valence-corrected chi connectivity index (χ4v) is 4.09. The molecule has 4 unspecified atom stereocenters. The minimum absolute atomic E-state index is 0.0480. The number of amides is 3. The summed E-state index contributed by atoms with van der Waals surface area (Å²) in [4.78, 5) is 65.6. The maximum Gasteiger partial charge on any atom is 0.326 e. The second kappa shape index (κ2) is 16.5. The van der Waals surface area contributed by atoms with E-state index in [1.54, 1.807) is 0 Å². The van der Waals surface area contributed by atoms with Gasteiger partial charge in [0, 0.05) is 31.4 Å². The molecule has 0 radical (unpaired) electrons. The van der Waals surface area contributed by atoms with Crippen LogP contribution in [-0.2, 0) is 25.6 Å². The van der Waals surface area contributed by atoms with Crippen molar-refractivity contribution in [3.05, 3.63) is 18.2 Å². The van der Waals surface area contributed by atoms with Crippen molar-refractivity contribution in [2.24, 2.45) is 32.9 Å². The predicted molar refractivity (Wildman–Crippen MR) is 147 cm³/mol. The highest BCUT2D eigenvalue weighted by Crippen LogP contribution is 2.09. The third kappa shape index (κ3) is 11.5. The van der Waals surface area contributed by atoms with Crippen molar-refractivity contribution in [1.82, 2.24) is 31.2 Å². The third-order valence-electron chi connectivity index (χ3n) is 6.13. The molecule has 0 aromatic carbocycles. The van der Waals surface area contributed by atoms with Crippen LogP contribution in [0.3, 0.4) is 0 Å². The second-order valence-electron chi connectivity index (χ2n) is 9.35. The van der Waals surface area contributed by atoms with Crippen molar-refractivity contribution in [1.29, 1.82) is 0 Å². The second-order valence-corrected chi connectivity index (χ2v) is 9.35. The number of nitrogens with zero attached hydrogens (tertiary/aromatic N) is 3. The summed E-state index contributed by atoms with van der Waals surface area (Å²) in [5.74, 6) is -3.15. The Morgan fingerprint density at radius 1 is 0.950 bits per heavy atom. The van der Waals surface area contributed by atoms with Crippen molar-refractivity contribution in [3.63, 3.8) is 0 Å². The minimum atomic E-state index is -1.28. The van der Waals surface area contributed by atoms with Crippen LogP contribution in [-0.4, -0.2) is 94.5 Å². The van der Waals surface area contributed by atoms with E-state index in [0.717, 1.165) is 6.42 Å². The molecule has 222 valence electrons. The van der Waals surface area contributed by atoms with Gasteiger partial charge >= 0.3 is 5.97 Å². The number of aromatic amines is 1. The molecule has 17 heteroatoms. The van der Waals surface area contributed by atoms with Crippen LogP contribution in [0.1, 0.15) is 44.2 Å². The van der Waals surface area contributed by atoms with Gasteiger partial charge in [-0.25, -0.2) is 9.78 Å². The first-order valence-electron chi connectivity index (χ1n) is 13.0. The van der Waals surface area contributed by atoms with Gasteiger partial charge in [0.05, 0.1) is 12.4 Å². The average Bonchev–Trinajstić information content (AvgIpc) is 3.61. The van der Waals surface area contributed by atoms with Crippen molar-refractivity contribution in [2.45, 2.75) is 69.1 Å². The molecular formula is C23H40N12O5. The fourth-order valence-electron chi connectivity index (χ4n) is 4.09. The Morgan fingerprint density at radius 2 is 1.52 bits per heavy atom. The van der Waals surface area contributed by atoms with Crippen molar-refractivity contribution < 1.29 is 24.3 Å². The number of hydrogen-bond donors (Lipinski definition) is 10. The van der Waals surface area contributed by atoms with E-state index >= 15 is 0 Å². The number of rotatable bonds is 17. The molecule has 14 N–H and O–H groups in total. The van der Waals surface area contributed by atoms with E-state index in [1.165, 1.54) is 12.5 Å². The third-order valence-corrected chi connectivity index (χ3v) is 6.13. The lowest BCUT2D eigenvalue weighted by Gasteiger charge is -2.25. The molecule has 1 aromatic rings. The van der Waals surface area contributed by atoms with Gasteiger partial charge in [-0.05, 0) is 45.1 Å². The Labute approximate surface area is 231 Å². The first-order valence-corrected chi connectivity index (χ1v) is 13.0. The number of aliphatic imine (C=N–C) groups is 2. The fraction of sp³-hybridized carbons (Fsp3) is 0.609. The van der Waals surface area contributed by atoms with E-state index < -0.39 is 42.0 Å². The van der Waals surface area contributed by atoms with E-state index in [9.17, 15) is 24.3 Å². The quantitative estimate of drug-likeness (QED) is 0.0499. The zero-order valence-corrected chi connectivity index (χ0v) is 22.3. The molecule has 1 aliphatic rings. The van der Waals surface area contributed by atoms with Crippen LogP contribution in [0.25, 0.3) is 0 Å². The zero-order valence-electron chi connectivity index (χ0n) is 22.3. The predicted octanol–water partition coefficient (Wildman–Crippen LogP) is -3.65. The zero-order chi connectivity index (χ0) is 29.5. The number of carbonyl (C=O) groups is 4. The molecule has 3 amide bonds. The molecule has 4 atom stereocenters. The van der Waals surface area contributed by atoms with Crippen LogP contribution in [0.4, 0.5) is 0 Å². The van der Waals surface area contributed by atoms with Crippen molar-refractivity contribution in [3.8, 4) is 0 Å². The molecule has 1 aliphatic heterocycles. The van der Waals surface area contributed by atoms with Crippen LogP contribution in [0.5, 0.6) is 0 Å². The number of guanidine groups is 2. The summed E-state index contributed by atoms with van der Waals surface area (Å²) in [6.45, 7) is 1.12. The molecular weight excluding hydrogens is 524 g/mol. The van der Waals surface area contributed by atoms with Crippen LogP contribution in [0.2, 0.25) is 0 Å². The molecule has 1 saturated heterocycles.